The standard InChI is InChI=1S/C15H28N2O2S/c1-15(2,3)19-14(18)17-8-5-4-6-13(17)10-16-12-7-9-20-11-12/h12-13,16H,4-11H2,1-3H3. The highest BCUT2D eigenvalue weighted by atomic mass is 32.2. The molecule has 0 radical (unpaired) electrons. The molecule has 4 nitrogen and oxygen atoms in total. The highest BCUT2D eigenvalue weighted by molar-refractivity contribution is 7.99. The predicted octanol–water partition coefficient (Wildman–Crippen LogP) is 2.87. The van der Waals surface area contributed by atoms with Gasteiger partial charge in [0.05, 0.1) is 0 Å². The fourth-order valence-corrected chi connectivity index (χ4v) is 3.96. The Bertz CT molecular complexity index is 324. The average molecular weight is 300 g/mol. The van der Waals surface area contributed by atoms with Gasteiger partial charge in [-0.1, -0.05) is 0 Å². The van der Waals surface area contributed by atoms with Crippen molar-refractivity contribution in [3.05, 3.63) is 0 Å². The van der Waals surface area contributed by atoms with E-state index in [-0.39, 0.29) is 6.09 Å². The summed E-state index contributed by atoms with van der Waals surface area (Å²) < 4.78 is 5.53. The Morgan fingerprint density at radius 1 is 1.35 bits per heavy atom. The van der Waals surface area contributed by atoms with Gasteiger partial charge >= 0.3 is 6.09 Å². The zero-order valence-electron chi connectivity index (χ0n) is 13.0. The van der Waals surface area contributed by atoms with Gasteiger partial charge in [0.2, 0.25) is 0 Å². The molecule has 0 spiro atoms. The van der Waals surface area contributed by atoms with Gasteiger partial charge in [-0.2, -0.15) is 11.8 Å². The Morgan fingerprint density at radius 2 is 2.15 bits per heavy atom. The van der Waals surface area contributed by atoms with Gasteiger partial charge < -0.3 is 15.0 Å². The number of hydrogen-bond donors (Lipinski definition) is 1. The first kappa shape index (κ1) is 16.0. The van der Waals surface area contributed by atoms with Crippen molar-refractivity contribution in [2.75, 3.05) is 24.6 Å². The van der Waals surface area contributed by atoms with Crippen molar-refractivity contribution in [2.45, 2.75) is 64.1 Å². The zero-order valence-corrected chi connectivity index (χ0v) is 13.8. The normalized spacial score (nSPS) is 27.6. The third kappa shape index (κ3) is 4.85. The summed E-state index contributed by atoms with van der Waals surface area (Å²) in [5.41, 5.74) is -0.408. The van der Waals surface area contributed by atoms with Crippen molar-refractivity contribution < 1.29 is 9.53 Å². The van der Waals surface area contributed by atoms with Gasteiger partial charge in [0, 0.05) is 30.9 Å². The van der Waals surface area contributed by atoms with Crippen LogP contribution in [-0.4, -0.2) is 53.3 Å². The lowest BCUT2D eigenvalue weighted by atomic mass is 10.0. The van der Waals surface area contributed by atoms with Gasteiger partial charge in [0.15, 0.2) is 0 Å². The van der Waals surface area contributed by atoms with E-state index < -0.39 is 5.60 Å². The van der Waals surface area contributed by atoms with Crippen LogP contribution >= 0.6 is 11.8 Å². The SMILES string of the molecule is CC(C)(C)OC(=O)N1CCCCC1CNC1CCSC1. The number of likely N-dealkylation sites (tertiary alicyclic amines) is 1. The van der Waals surface area contributed by atoms with Crippen LogP contribution in [0, 0.1) is 0 Å². The molecule has 5 heteroatoms. The van der Waals surface area contributed by atoms with Crippen molar-refractivity contribution in [2.24, 2.45) is 0 Å². The molecule has 0 bridgehead atoms. The molecular weight excluding hydrogens is 272 g/mol. The van der Waals surface area contributed by atoms with Gasteiger partial charge in [0.25, 0.3) is 0 Å². The van der Waals surface area contributed by atoms with E-state index in [1.165, 1.54) is 24.3 Å². The third-order valence-corrected chi connectivity index (χ3v) is 4.99. The Kier molecular flexibility index (Phi) is 5.61. The molecule has 0 aromatic rings. The maximum atomic E-state index is 12.3. The van der Waals surface area contributed by atoms with E-state index in [9.17, 15) is 4.79 Å². The number of carbonyl (C=O) groups excluding carboxylic acids is 1. The lowest BCUT2D eigenvalue weighted by Gasteiger charge is -2.37. The first-order chi connectivity index (χ1) is 9.46. The molecule has 0 saturated carbocycles. The summed E-state index contributed by atoms with van der Waals surface area (Å²) in [5.74, 6) is 2.47. The van der Waals surface area contributed by atoms with Crippen LogP contribution in [0.4, 0.5) is 4.79 Å². The van der Waals surface area contributed by atoms with Crippen LogP contribution in [0.5, 0.6) is 0 Å². The molecule has 2 heterocycles. The first-order valence-electron chi connectivity index (χ1n) is 7.76. The van der Waals surface area contributed by atoms with Gasteiger partial charge in [-0.3, -0.25) is 0 Å². The lowest BCUT2D eigenvalue weighted by Crippen LogP contribution is -2.51. The van der Waals surface area contributed by atoms with Crippen LogP contribution < -0.4 is 5.32 Å². The predicted molar refractivity (Wildman–Crippen MR) is 84.3 cm³/mol. The molecule has 0 aliphatic carbocycles. The van der Waals surface area contributed by atoms with Gasteiger partial charge in [0.1, 0.15) is 5.60 Å². The second kappa shape index (κ2) is 7.03. The average Bonchev–Trinajstić information content (AvgIpc) is 2.87. The van der Waals surface area contributed by atoms with Crippen LogP contribution in [0.1, 0.15) is 46.5 Å². The number of thioether (sulfide) groups is 1. The Labute approximate surface area is 127 Å². The Morgan fingerprint density at radius 3 is 2.80 bits per heavy atom. The molecule has 2 unspecified atom stereocenters. The molecule has 2 atom stereocenters. The second-order valence-electron chi connectivity index (χ2n) is 6.79. The van der Waals surface area contributed by atoms with Crippen LogP contribution in [0.15, 0.2) is 0 Å². The van der Waals surface area contributed by atoms with E-state index in [1.54, 1.807) is 0 Å². The van der Waals surface area contributed by atoms with E-state index in [2.05, 4.69) is 5.32 Å². The van der Waals surface area contributed by atoms with Crippen molar-refractivity contribution in [3.63, 3.8) is 0 Å². The number of carbonyl (C=O) groups is 1. The number of ether oxygens (including phenoxy) is 1. The molecule has 0 aromatic heterocycles. The quantitative estimate of drug-likeness (QED) is 0.870. The minimum absolute atomic E-state index is 0.148. The largest absolute Gasteiger partial charge is 0.444 e. The highest BCUT2D eigenvalue weighted by Crippen LogP contribution is 2.21. The minimum atomic E-state index is -0.408. The molecular formula is C15H28N2O2S. The summed E-state index contributed by atoms with van der Waals surface area (Å²) in [6.07, 6.45) is 4.50. The highest BCUT2D eigenvalue weighted by Gasteiger charge is 2.30. The second-order valence-corrected chi connectivity index (χ2v) is 7.94. The fourth-order valence-electron chi connectivity index (χ4n) is 2.77. The van der Waals surface area contributed by atoms with Crippen molar-refractivity contribution in [1.82, 2.24) is 10.2 Å². The minimum Gasteiger partial charge on any atom is -0.444 e. The molecule has 2 aliphatic heterocycles. The summed E-state index contributed by atoms with van der Waals surface area (Å²) in [4.78, 5) is 14.2. The van der Waals surface area contributed by atoms with E-state index >= 15 is 0 Å². The van der Waals surface area contributed by atoms with E-state index in [4.69, 9.17) is 4.74 Å². The molecule has 2 rings (SSSR count). The molecule has 0 aromatic carbocycles. The zero-order chi connectivity index (χ0) is 14.6. The van der Waals surface area contributed by atoms with Crippen LogP contribution in [0.25, 0.3) is 0 Å². The topological polar surface area (TPSA) is 41.6 Å². The maximum absolute atomic E-state index is 12.3. The molecule has 1 N–H and O–H groups in total. The number of amides is 1. The summed E-state index contributed by atoms with van der Waals surface area (Å²) in [6.45, 7) is 7.53. The maximum Gasteiger partial charge on any atom is 0.410 e. The monoisotopic (exact) mass is 300 g/mol. The Balaban J connectivity index is 1.85. The molecule has 20 heavy (non-hydrogen) atoms. The molecule has 116 valence electrons. The summed E-state index contributed by atoms with van der Waals surface area (Å²) in [6, 6.07) is 0.923. The number of piperidine rings is 1. The summed E-state index contributed by atoms with van der Waals surface area (Å²) in [7, 11) is 0. The van der Waals surface area contributed by atoms with Crippen LogP contribution in [0.3, 0.4) is 0 Å². The lowest BCUT2D eigenvalue weighted by molar-refractivity contribution is 0.00973. The van der Waals surface area contributed by atoms with Crippen LogP contribution in [-0.2, 0) is 4.74 Å². The number of nitrogens with zero attached hydrogens (tertiary/aromatic N) is 1. The van der Waals surface area contributed by atoms with Gasteiger partial charge in [-0.05, 0) is 52.2 Å². The molecule has 2 saturated heterocycles. The molecule has 1 amide bonds. The van der Waals surface area contributed by atoms with Crippen molar-refractivity contribution in [3.8, 4) is 0 Å². The van der Waals surface area contributed by atoms with E-state index in [0.717, 1.165) is 25.9 Å². The summed E-state index contributed by atoms with van der Waals surface area (Å²) in [5, 5.41) is 3.63. The van der Waals surface area contributed by atoms with Crippen molar-refractivity contribution in [1.29, 1.82) is 0 Å². The number of hydrogen-bond acceptors (Lipinski definition) is 4. The molecule has 2 fully saturated rings. The summed E-state index contributed by atoms with van der Waals surface area (Å²) >= 11 is 2.02. The number of nitrogens with one attached hydrogen (secondary N) is 1. The van der Waals surface area contributed by atoms with Crippen LogP contribution in [0.2, 0.25) is 0 Å². The first-order valence-corrected chi connectivity index (χ1v) is 8.92. The van der Waals surface area contributed by atoms with Gasteiger partial charge in [-0.25, -0.2) is 4.79 Å². The smallest absolute Gasteiger partial charge is 0.410 e. The fraction of sp³-hybridized carbons (Fsp3) is 0.933. The molecule has 2 aliphatic rings. The van der Waals surface area contributed by atoms with E-state index in [0.29, 0.717) is 12.1 Å². The third-order valence-electron chi connectivity index (χ3n) is 3.83. The van der Waals surface area contributed by atoms with E-state index in [1.807, 2.05) is 37.4 Å². The van der Waals surface area contributed by atoms with Crippen molar-refractivity contribution >= 4 is 17.9 Å². The Hall–Kier alpha value is -0.420. The van der Waals surface area contributed by atoms with Gasteiger partial charge in [-0.15, -0.1) is 0 Å². The number of rotatable bonds is 3.